The molecule has 6 rings (SSSR count). The van der Waals surface area contributed by atoms with Crippen molar-refractivity contribution in [2.45, 2.75) is 69.9 Å². The highest BCUT2D eigenvalue weighted by Gasteiger charge is 2.40. The summed E-state index contributed by atoms with van der Waals surface area (Å²) in [5.41, 5.74) is 6.64. The van der Waals surface area contributed by atoms with Crippen LogP contribution in [0.25, 0.3) is 11.1 Å². The molecule has 280 valence electrons. The molecule has 2 aliphatic heterocycles. The maximum atomic E-state index is 12.9. The lowest BCUT2D eigenvalue weighted by atomic mass is 9.89. The van der Waals surface area contributed by atoms with Crippen molar-refractivity contribution >= 4 is 12.0 Å². The van der Waals surface area contributed by atoms with E-state index >= 15 is 0 Å². The van der Waals surface area contributed by atoms with Crippen LogP contribution in [-0.4, -0.2) is 74.1 Å². The molecule has 0 aromatic heterocycles. The van der Waals surface area contributed by atoms with Gasteiger partial charge in [-0.15, -0.1) is 0 Å². The number of hydrogen-bond acceptors (Lipinski definition) is 8. The standard InChI is InChI=1S/C43H51N3O7/c1-29-39(26-46-21-9-16-37(46)28-50-2)52-42(53-40(29)33-19-17-31(27-47)18-20-33)36-15-8-14-35(24-36)34-13-7-12-32(22-34)25-44-43(49)45-38(41(48)51-3)23-30-10-5-4-6-11-30/h4-8,10-15,17-20,22,24,29,37-40,42,47H,9,16,21,23,25-28H2,1-3H3,(H2,44,45,49). The first-order chi connectivity index (χ1) is 25.8. The largest absolute Gasteiger partial charge is 0.467 e. The van der Waals surface area contributed by atoms with Crippen LogP contribution in [0, 0.1) is 5.92 Å². The first-order valence-electron chi connectivity index (χ1n) is 18.4. The second-order valence-electron chi connectivity index (χ2n) is 14.0. The number of hydrogen-bond donors (Lipinski definition) is 3. The Morgan fingerprint density at radius 2 is 1.60 bits per heavy atom. The summed E-state index contributed by atoms with van der Waals surface area (Å²) in [7, 11) is 3.08. The molecule has 10 nitrogen and oxygen atoms in total. The van der Waals surface area contributed by atoms with E-state index in [-0.39, 0.29) is 31.3 Å². The van der Waals surface area contributed by atoms with E-state index in [1.807, 2.05) is 91.0 Å². The van der Waals surface area contributed by atoms with Gasteiger partial charge in [-0.1, -0.05) is 97.9 Å². The molecule has 2 fully saturated rings. The van der Waals surface area contributed by atoms with E-state index in [1.54, 1.807) is 7.11 Å². The van der Waals surface area contributed by atoms with Crippen LogP contribution in [-0.2, 0) is 43.3 Å². The van der Waals surface area contributed by atoms with Crippen LogP contribution < -0.4 is 10.6 Å². The molecule has 4 aromatic rings. The molecule has 2 aliphatic rings. The molecule has 6 unspecified atom stereocenters. The zero-order valence-corrected chi connectivity index (χ0v) is 30.8. The lowest BCUT2D eigenvalue weighted by Gasteiger charge is -2.43. The van der Waals surface area contributed by atoms with Gasteiger partial charge in [-0.05, 0) is 64.9 Å². The van der Waals surface area contributed by atoms with Gasteiger partial charge in [0, 0.05) is 44.1 Å². The van der Waals surface area contributed by atoms with E-state index < -0.39 is 24.3 Å². The fourth-order valence-corrected chi connectivity index (χ4v) is 7.38. The number of rotatable bonds is 14. The molecule has 3 N–H and O–H groups in total. The molecule has 0 bridgehead atoms. The highest BCUT2D eigenvalue weighted by Crippen LogP contribution is 2.43. The van der Waals surface area contributed by atoms with Gasteiger partial charge in [0.05, 0.1) is 32.5 Å². The van der Waals surface area contributed by atoms with Gasteiger partial charge in [-0.2, -0.15) is 0 Å². The summed E-state index contributed by atoms with van der Waals surface area (Å²) in [6.07, 6.45) is 1.71. The van der Waals surface area contributed by atoms with E-state index in [2.05, 4.69) is 34.6 Å². The molecular formula is C43H51N3O7. The number of aliphatic hydroxyl groups is 1. The molecule has 0 radical (unpaired) electrons. The molecule has 53 heavy (non-hydrogen) atoms. The quantitative estimate of drug-likeness (QED) is 0.129. The summed E-state index contributed by atoms with van der Waals surface area (Å²) in [6.45, 7) is 4.97. The van der Waals surface area contributed by atoms with Crippen LogP contribution >= 0.6 is 0 Å². The van der Waals surface area contributed by atoms with Crippen molar-refractivity contribution in [3.8, 4) is 11.1 Å². The molecule has 2 amide bonds. The number of nitrogens with zero attached hydrogens (tertiary/aromatic N) is 1. The highest BCUT2D eigenvalue weighted by atomic mass is 16.7. The van der Waals surface area contributed by atoms with Crippen molar-refractivity contribution in [1.29, 1.82) is 0 Å². The average molecular weight is 722 g/mol. The number of methoxy groups -OCH3 is 2. The summed E-state index contributed by atoms with van der Waals surface area (Å²) in [4.78, 5) is 27.8. The topological polar surface area (TPSA) is 119 Å². The number of urea groups is 1. The van der Waals surface area contributed by atoms with Gasteiger partial charge >= 0.3 is 12.0 Å². The predicted octanol–water partition coefficient (Wildman–Crippen LogP) is 6.33. The number of likely N-dealkylation sites (tertiary alicyclic amines) is 1. The number of amides is 2. The maximum absolute atomic E-state index is 12.9. The second kappa shape index (κ2) is 18.4. The molecule has 0 saturated carbocycles. The van der Waals surface area contributed by atoms with E-state index in [4.69, 9.17) is 18.9 Å². The smallest absolute Gasteiger partial charge is 0.328 e. The van der Waals surface area contributed by atoms with Crippen molar-refractivity contribution < 1.29 is 33.6 Å². The van der Waals surface area contributed by atoms with Crippen molar-refractivity contribution in [2.75, 3.05) is 33.9 Å². The van der Waals surface area contributed by atoms with Crippen LogP contribution in [0.15, 0.2) is 103 Å². The van der Waals surface area contributed by atoms with Crippen molar-refractivity contribution in [1.82, 2.24) is 15.5 Å². The van der Waals surface area contributed by atoms with E-state index in [1.165, 1.54) is 7.11 Å². The Labute approximate surface area is 312 Å². The lowest BCUT2D eigenvalue weighted by Crippen LogP contribution is -2.47. The molecule has 6 atom stereocenters. The third-order valence-electron chi connectivity index (χ3n) is 10.3. The van der Waals surface area contributed by atoms with Crippen molar-refractivity contribution in [3.63, 3.8) is 0 Å². The van der Waals surface area contributed by atoms with Crippen molar-refractivity contribution in [3.05, 3.63) is 131 Å². The number of benzene rings is 4. The summed E-state index contributed by atoms with van der Waals surface area (Å²) < 4.78 is 24.1. The highest BCUT2D eigenvalue weighted by molar-refractivity contribution is 5.83. The first-order valence-corrected chi connectivity index (χ1v) is 18.4. The molecule has 0 aliphatic carbocycles. The van der Waals surface area contributed by atoms with Gasteiger partial charge in [-0.3, -0.25) is 4.90 Å². The van der Waals surface area contributed by atoms with E-state index in [0.717, 1.165) is 64.9 Å². The van der Waals surface area contributed by atoms with Crippen LogP contribution in [0.4, 0.5) is 4.79 Å². The monoisotopic (exact) mass is 721 g/mol. The van der Waals surface area contributed by atoms with E-state index in [0.29, 0.717) is 19.1 Å². The van der Waals surface area contributed by atoms with Gasteiger partial charge in [0.15, 0.2) is 6.29 Å². The normalized spacial score (nSPS) is 22.2. The number of carbonyl (C=O) groups is 2. The summed E-state index contributed by atoms with van der Waals surface area (Å²) in [5, 5.41) is 15.3. The minimum Gasteiger partial charge on any atom is -0.467 e. The molecule has 4 aromatic carbocycles. The van der Waals surface area contributed by atoms with Gasteiger partial charge in [-0.25, -0.2) is 9.59 Å². The first kappa shape index (κ1) is 38.2. The van der Waals surface area contributed by atoms with Gasteiger partial charge in [0.2, 0.25) is 0 Å². The number of esters is 1. The summed E-state index contributed by atoms with van der Waals surface area (Å²) in [5.74, 6) is -0.421. The Balaban J connectivity index is 1.16. The third kappa shape index (κ3) is 9.90. The fraction of sp³-hybridized carbons (Fsp3) is 0.395. The van der Waals surface area contributed by atoms with Crippen LogP contribution in [0.5, 0.6) is 0 Å². The maximum Gasteiger partial charge on any atom is 0.328 e. The molecule has 0 spiro atoms. The zero-order valence-electron chi connectivity index (χ0n) is 30.8. The Hall–Kier alpha value is -4.58. The Kier molecular flexibility index (Phi) is 13.3. The minimum absolute atomic E-state index is 0.00651. The summed E-state index contributed by atoms with van der Waals surface area (Å²) in [6, 6.07) is 32.8. The Bertz CT molecular complexity index is 1790. The average Bonchev–Trinajstić information content (AvgIpc) is 3.64. The fourth-order valence-electron chi connectivity index (χ4n) is 7.38. The van der Waals surface area contributed by atoms with E-state index in [9.17, 15) is 14.7 Å². The Morgan fingerprint density at radius 1 is 0.868 bits per heavy atom. The molecule has 2 heterocycles. The molecular weight excluding hydrogens is 670 g/mol. The van der Waals surface area contributed by atoms with Crippen LogP contribution in [0.3, 0.4) is 0 Å². The minimum atomic E-state index is -0.815. The van der Waals surface area contributed by atoms with Gasteiger partial charge in [0.1, 0.15) is 6.04 Å². The third-order valence-corrected chi connectivity index (χ3v) is 10.3. The Morgan fingerprint density at radius 3 is 2.34 bits per heavy atom. The lowest BCUT2D eigenvalue weighted by molar-refractivity contribution is -0.276. The summed E-state index contributed by atoms with van der Waals surface area (Å²) >= 11 is 0. The van der Waals surface area contributed by atoms with Gasteiger partial charge in [0.25, 0.3) is 0 Å². The zero-order chi connectivity index (χ0) is 37.2. The number of ether oxygens (including phenoxy) is 4. The van der Waals surface area contributed by atoms with Crippen LogP contribution in [0.1, 0.15) is 60.0 Å². The van der Waals surface area contributed by atoms with Crippen LogP contribution in [0.2, 0.25) is 0 Å². The molecule has 10 heteroatoms. The van der Waals surface area contributed by atoms with Crippen molar-refractivity contribution in [2.24, 2.45) is 5.92 Å². The predicted molar refractivity (Wildman–Crippen MR) is 203 cm³/mol. The van der Waals surface area contributed by atoms with Gasteiger partial charge < -0.3 is 34.7 Å². The number of aliphatic hydroxyl groups excluding tert-OH is 1. The SMILES string of the molecule is COCC1CCCN1CC1OC(c2cccc(-c3cccc(CNC(=O)NC(Cc4ccccc4)C(=O)OC)c3)c2)OC(c2ccc(CO)cc2)C1C. The second-order valence-corrected chi connectivity index (χ2v) is 14.0. The number of nitrogens with one attached hydrogen (secondary N) is 2. The molecule has 2 saturated heterocycles. The number of carbonyl (C=O) groups excluding carboxylic acids is 2.